The molecule has 0 radical (unpaired) electrons. The van der Waals surface area contributed by atoms with E-state index in [0.717, 1.165) is 0 Å². The SMILES string of the molecule is CC(=O)c1ccc(Cl)c(NS(=O)(=O)c2ccc(Cl)cc2)c1. The minimum atomic E-state index is -3.80. The first-order valence-electron chi connectivity index (χ1n) is 5.88. The number of rotatable bonds is 4. The van der Waals surface area contributed by atoms with Crippen molar-refractivity contribution in [2.24, 2.45) is 0 Å². The summed E-state index contributed by atoms with van der Waals surface area (Å²) in [5, 5.41) is 0.642. The van der Waals surface area contributed by atoms with E-state index in [1.807, 2.05) is 0 Å². The maximum absolute atomic E-state index is 12.2. The van der Waals surface area contributed by atoms with E-state index in [1.165, 1.54) is 49.4 Å². The van der Waals surface area contributed by atoms with Crippen LogP contribution in [0.15, 0.2) is 47.4 Å². The van der Waals surface area contributed by atoms with Gasteiger partial charge in [-0.25, -0.2) is 8.42 Å². The molecule has 0 saturated carbocycles. The molecule has 0 aliphatic heterocycles. The van der Waals surface area contributed by atoms with Crippen LogP contribution in [0.2, 0.25) is 10.0 Å². The molecule has 2 aromatic carbocycles. The Morgan fingerprint density at radius 1 is 1.05 bits per heavy atom. The van der Waals surface area contributed by atoms with Gasteiger partial charge in [0.1, 0.15) is 0 Å². The number of sulfonamides is 1. The second kappa shape index (κ2) is 6.05. The molecule has 110 valence electrons. The number of ketones is 1. The molecule has 0 aliphatic carbocycles. The van der Waals surface area contributed by atoms with Crippen molar-refractivity contribution in [3.63, 3.8) is 0 Å². The highest BCUT2D eigenvalue weighted by atomic mass is 35.5. The molecule has 1 N–H and O–H groups in total. The first-order valence-corrected chi connectivity index (χ1v) is 8.12. The number of carbonyl (C=O) groups is 1. The van der Waals surface area contributed by atoms with Crippen LogP contribution in [0.1, 0.15) is 17.3 Å². The number of carbonyl (C=O) groups excluding carboxylic acids is 1. The first kappa shape index (κ1) is 15.8. The van der Waals surface area contributed by atoms with E-state index in [1.54, 1.807) is 0 Å². The molecule has 0 amide bonds. The van der Waals surface area contributed by atoms with Gasteiger partial charge in [-0.05, 0) is 49.4 Å². The molecule has 0 atom stereocenters. The maximum atomic E-state index is 12.2. The van der Waals surface area contributed by atoms with Crippen LogP contribution in [0.4, 0.5) is 5.69 Å². The summed E-state index contributed by atoms with van der Waals surface area (Å²) < 4.78 is 26.9. The van der Waals surface area contributed by atoms with Gasteiger partial charge in [-0.2, -0.15) is 0 Å². The first-order chi connectivity index (χ1) is 9.79. The highest BCUT2D eigenvalue weighted by Crippen LogP contribution is 2.26. The summed E-state index contributed by atoms with van der Waals surface area (Å²) in [6.07, 6.45) is 0. The van der Waals surface area contributed by atoms with Crippen molar-refractivity contribution in [3.05, 3.63) is 58.1 Å². The quantitative estimate of drug-likeness (QED) is 0.853. The van der Waals surface area contributed by atoms with Crippen LogP contribution < -0.4 is 4.72 Å². The van der Waals surface area contributed by atoms with Crippen LogP contribution in [0, 0.1) is 0 Å². The Balaban J connectivity index is 2.38. The minimum Gasteiger partial charge on any atom is -0.295 e. The van der Waals surface area contributed by atoms with Gasteiger partial charge in [0.15, 0.2) is 5.78 Å². The fraction of sp³-hybridized carbons (Fsp3) is 0.0714. The molecule has 2 rings (SSSR count). The molecule has 0 fully saturated rings. The molecular weight excluding hydrogens is 333 g/mol. The van der Waals surface area contributed by atoms with Crippen molar-refractivity contribution in [2.45, 2.75) is 11.8 Å². The monoisotopic (exact) mass is 343 g/mol. The molecule has 4 nitrogen and oxygen atoms in total. The Morgan fingerprint density at radius 2 is 1.67 bits per heavy atom. The Morgan fingerprint density at radius 3 is 2.24 bits per heavy atom. The standard InChI is InChI=1S/C14H11Cl2NO3S/c1-9(18)10-2-7-13(16)14(8-10)17-21(19,20)12-5-3-11(15)4-6-12/h2-8,17H,1H3. The van der Waals surface area contributed by atoms with Crippen molar-refractivity contribution in [3.8, 4) is 0 Å². The van der Waals surface area contributed by atoms with Gasteiger partial charge in [0.05, 0.1) is 15.6 Å². The van der Waals surface area contributed by atoms with E-state index in [0.29, 0.717) is 10.6 Å². The molecule has 0 aliphatic rings. The fourth-order valence-corrected chi connectivity index (χ4v) is 3.06. The van der Waals surface area contributed by atoms with Gasteiger partial charge in [0, 0.05) is 10.6 Å². The van der Waals surface area contributed by atoms with Gasteiger partial charge in [0.25, 0.3) is 10.0 Å². The summed E-state index contributed by atoms with van der Waals surface area (Å²) in [7, 11) is -3.80. The van der Waals surface area contributed by atoms with Crippen LogP contribution in [0.5, 0.6) is 0 Å². The number of hydrogen-bond donors (Lipinski definition) is 1. The Hall–Kier alpha value is -1.56. The zero-order chi connectivity index (χ0) is 15.6. The molecule has 21 heavy (non-hydrogen) atoms. The van der Waals surface area contributed by atoms with Crippen LogP contribution >= 0.6 is 23.2 Å². The number of halogens is 2. The third kappa shape index (κ3) is 3.75. The lowest BCUT2D eigenvalue weighted by Crippen LogP contribution is -2.13. The zero-order valence-corrected chi connectivity index (χ0v) is 13.3. The number of nitrogens with one attached hydrogen (secondary N) is 1. The Bertz CT molecular complexity index is 786. The molecule has 0 bridgehead atoms. The number of anilines is 1. The van der Waals surface area contributed by atoms with Gasteiger partial charge in [-0.3, -0.25) is 9.52 Å². The van der Waals surface area contributed by atoms with Crippen molar-refractivity contribution < 1.29 is 13.2 Å². The predicted octanol–water partition coefficient (Wildman–Crippen LogP) is 4.00. The lowest BCUT2D eigenvalue weighted by Gasteiger charge is -2.10. The van der Waals surface area contributed by atoms with Gasteiger partial charge in [0.2, 0.25) is 0 Å². The van der Waals surface area contributed by atoms with Crippen molar-refractivity contribution in [1.82, 2.24) is 0 Å². The van der Waals surface area contributed by atoms with Gasteiger partial charge in [-0.15, -0.1) is 0 Å². The van der Waals surface area contributed by atoms with Gasteiger partial charge >= 0.3 is 0 Å². The molecule has 0 heterocycles. The molecule has 2 aromatic rings. The average molecular weight is 344 g/mol. The zero-order valence-electron chi connectivity index (χ0n) is 10.9. The van der Waals surface area contributed by atoms with E-state index in [9.17, 15) is 13.2 Å². The van der Waals surface area contributed by atoms with Gasteiger partial charge < -0.3 is 0 Å². The second-order valence-electron chi connectivity index (χ2n) is 4.31. The van der Waals surface area contributed by atoms with Crippen molar-refractivity contribution in [1.29, 1.82) is 0 Å². The van der Waals surface area contributed by atoms with Crippen molar-refractivity contribution in [2.75, 3.05) is 4.72 Å². The van der Waals surface area contributed by atoms with Crippen LogP contribution in [-0.2, 0) is 10.0 Å². The van der Waals surface area contributed by atoms with Crippen molar-refractivity contribution >= 4 is 44.7 Å². The van der Waals surface area contributed by atoms with E-state index < -0.39 is 10.0 Å². The van der Waals surface area contributed by atoms with E-state index in [2.05, 4.69) is 4.72 Å². The summed E-state index contributed by atoms with van der Waals surface area (Å²) in [6, 6.07) is 10.1. The lowest BCUT2D eigenvalue weighted by molar-refractivity contribution is 0.101. The van der Waals surface area contributed by atoms with Crippen LogP contribution in [0.25, 0.3) is 0 Å². The molecule has 0 spiro atoms. The summed E-state index contributed by atoms with van der Waals surface area (Å²) in [5.41, 5.74) is 0.521. The molecule has 7 heteroatoms. The topological polar surface area (TPSA) is 63.2 Å². The third-order valence-corrected chi connectivity index (χ3v) is 4.70. The second-order valence-corrected chi connectivity index (χ2v) is 6.84. The number of hydrogen-bond acceptors (Lipinski definition) is 3. The average Bonchev–Trinajstić information content (AvgIpc) is 2.41. The predicted molar refractivity (Wildman–Crippen MR) is 83.7 cm³/mol. The lowest BCUT2D eigenvalue weighted by atomic mass is 10.1. The fourth-order valence-electron chi connectivity index (χ4n) is 1.64. The molecular formula is C14H11Cl2NO3S. The largest absolute Gasteiger partial charge is 0.295 e. The highest BCUT2D eigenvalue weighted by Gasteiger charge is 2.16. The summed E-state index contributed by atoms with van der Waals surface area (Å²) in [4.78, 5) is 11.4. The van der Waals surface area contributed by atoms with Gasteiger partial charge in [-0.1, -0.05) is 23.2 Å². The Labute approximate surface area is 132 Å². The van der Waals surface area contributed by atoms with E-state index in [4.69, 9.17) is 23.2 Å². The summed E-state index contributed by atoms with van der Waals surface area (Å²) in [5.74, 6) is -0.182. The highest BCUT2D eigenvalue weighted by molar-refractivity contribution is 7.92. The minimum absolute atomic E-state index is 0.0520. The number of Topliss-reactive ketones (excluding diaryl/α,β-unsaturated/α-hetero) is 1. The van der Waals surface area contributed by atoms with E-state index in [-0.39, 0.29) is 21.4 Å². The van der Waals surface area contributed by atoms with Crippen LogP contribution in [0.3, 0.4) is 0 Å². The third-order valence-electron chi connectivity index (χ3n) is 2.74. The maximum Gasteiger partial charge on any atom is 0.261 e. The summed E-state index contributed by atoms with van der Waals surface area (Å²) in [6.45, 7) is 1.39. The molecule has 0 aromatic heterocycles. The molecule has 0 saturated heterocycles. The normalized spacial score (nSPS) is 11.2. The van der Waals surface area contributed by atoms with E-state index >= 15 is 0 Å². The van der Waals surface area contributed by atoms with Crippen LogP contribution in [-0.4, -0.2) is 14.2 Å². The summed E-state index contributed by atoms with van der Waals surface area (Å²) >= 11 is 11.7. The smallest absolute Gasteiger partial charge is 0.261 e. The Kier molecular flexibility index (Phi) is 4.56. The molecule has 0 unspecified atom stereocenters. The number of benzene rings is 2.